The Bertz CT molecular complexity index is 1080. The third-order valence-electron chi connectivity index (χ3n) is 5.81. The van der Waals surface area contributed by atoms with E-state index in [0.717, 1.165) is 33.3 Å². The summed E-state index contributed by atoms with van der Waals surface area (Å²) in [5, 5.41) is 1.14. The molecule has 0 saturated carbocycles. The van der Waals surface area contributed by atoms with Gasteiger partial charge in [-0.25, -0.2) is 0 Å². The second-order valence-electron chi connectivity index (χ2n) is 7.59. The molecule has 136 valence electrons. The number of aromatic amines is 1. The van der Waals surface area contributed by atoms with Crippen LogP contribution in [0, 0.1) is 6.92 Å². The molecule has 27 heavy (non-hydrogen) atoms. The molecule has 0 aliphatic carbocycles. The van der Waals surface area contributed by atoms with Gasteiger partial charge in [-0.2, -0.15) is 0 Å². The zero-order valence-electron chi connectivity index (χ0n) is 15.4. The van der Waals surface area contributed by atoms with E-state index >= 15 is 0 Å². The standard InChI is InChI=1S/C22H21N3O2/c1-13-6-5-7-14(10-13)21-20-16(15-8-3-4-9-17(15)23-20)11-18-22(27)24(2)12-19(26)25(18)21/h3-10,18,21,23H,11-12H2,1-2H3/t18-,21-/m0/s1. The number of nitrogens with zero attached hydrogens (tertiary/aromatic N) is 2. The molecule has 0 unspecified atom stereocenters. The number of H-pyrrole nitrogens is 1. The normalized spacial score (nSPS) is 22.1. The fraction of sp³-hybridized carbons (Fsp3) is 0.273. The average molecular weight is 359 g/mol. The summed E-state index contributed by atoms with van der Waals surface area (Å²) in [6.45, 7) is 2.18. The number of carbonyl (C=O) groups excluding carboxylic acids is 2. The van der Waals surface area contributed by atoms with Crippen molar-refractivity contribution in [2.24, 2.45) is 0 Å². The van der Waals surface area contributed by atoms with Crippen LogP contribution in [0.1, 0.15) is 28.4 Å². The number of rotatable bonds is 1. The van der Waals surface area contributed by atoms with Crippen molar-refractivity contribution in [3.63, 3.8) is 0 Å². The monoisotopic (exact) mass is 359 g/mol. The van der Waals surface area contributed by atoms with Crippen LogP contribution in [0.5, 0.6) is 0 Å². The van der Waals surface area contributed by atoms with E-state index in [4.69, 9.17) is 0 Å². The number of hydrogen-bond acceptors (Lipinski definition) is 2. The van der Waals surface area contributed by atoms with Gasteiger partial charge in [0, 0.05) is 30.1 Å². The van der Waals surface area contributed by atoms with E-state index in [1.54, 1.807) is 16.8 Å². The molecule has 3 heterocycles. The first-order valence-electron chi connectivity index (χ1n) is 9.27. The van der Waals surface area contributed by atoms with E-state index in [-0.39, 0.29) is 24.4 Å². The molecule has 2 aliphatic heterocycles. The van der Waals surface area contributed by atoms with Crippen molar-refractivity contribution in [3.8, 4) is 0 Å². The molecule has 0 radical (unpaired) electrons. The molecule has 0 spiro atoms. The zero-order chi connectivity index (χ0) is 18.7. The molecule has 1 aromatic heterocycles. The SMILES string of the molecule is Cc1cccc([C@H]2c3[nH]c4ccccc4c3C[C@H]3C(=O)N(C)CC(=O)N23)c1. The number of likely N-dealkylation sites (N-methyl/N-ethyl adjacent to an activating group) is 1. The number of para-hydroxylation sites is 1. The van der Waals surface area contributed by atoms with Crippen LogP contribution in [-0.2, 0) is 16.0 Å². The van der Waals surface area contributed by atoms with E-state index in [2.05, 4.69) is 23.2 Å². The van der Waals surface area contributed by atoms with E-state index < -0.39 is 6.04 Å². The van der Waals surface area contributed by atoms with Gasteiger partial charge in [-0.05, 0) is 24.1 Å². The molecular weight excluding hydrogens is 338 g/mol. The van der Waals surface area contributed by atoms with Crippen LogP contribution in [0.15, 0.2) is 48.5 Å². The van der Waals surface area contributed by atoms with E-state index in [1.807, 2.05) is 37.3 Å². The Morgan fingerprint density at radius 1 is 1.07 bits per heavy atom. The summed E-state index contributed by atoms with van der Waals surface area (Å²) in [6.07, 6.45) is 0.552. The number of fused-ring (bicyclic) bond motifs is 4. The van der Waals surface area contributed by atoms with Crippen LogP contribution < -0.4 is 0 Å². The Hall–Kier alpha value is -3.08. The van der Waals surface area contributed by atoms with Crippen LogP contribution in [0.4, 0.5) is 0 Å². The maximum Gasteiger partial charge on any atom is 0.245 e. The third-order valence-corrected chi connectivity index (χ3v) is 5.81. The quantitative estimate of drug-likeness (QED) is 0.726. The van der Waals surface area contributed by atoms with Crippen molar-refractivity contribution >= 4 is 22.7 Å². The lowest BCUT2D eigenvalue weighted by Crippen LogP contribution is -2.62. The molecular formula is C22H21N3O2. The highest BCUT2D eigenvalue weighted by atomic mass is 16.2. The summed E-state index contributed by atoms with van der Waals surface area (Å²) in [5.41, 5.74) is 5.41. The van der Waals surface area contributed by atoms with Gasteiger partial charge in [0.05, 0.1) is 12.6 Å². The topological polar surface area (TPSA) is 56.4 Å². The number of piperazine rings is 1. The summed E-state index contributed by atoms with van der Waals surface area (Å²) in [7, 11) is 1.71. The number of benzene rings is 2. The van der Waals surface area contributed by atoms with Crippen LogP contribution in [0.2, 0.25) is 0 Å². The lowest BCUT2D eigenvalue weighted by Gasteiger charge is -2.46. The maximum atomic E-state index is 13.0. The van der Waals surface area contributed by atoms with Crippen LogP contribution in [0.3, 0.4) is 0 Å². The van der Waals surface area contributed by atoms with Crippen LogP contribution >= 0.6 is 0 Å². The molecule has 2 atom stereocenters. The van der Waals surface area contributed by atoms with Gasteiger partial charge in [0.1, 0.15) is 6.04 Å². The number of aromatic nitrogens is 1. The van der Waals surface area contributed by atoms with Gasteiger partial charge in [0.2, 0.25) is 11.8 Å². The fourth-order valence-corrected chi connectivity index (χ4v) is 4.59. The van der Waals surface area contributed by atoms with Crippen LogP contribution in [-0.4, -0.2) is 46.2 Å². The van der Waals surface area contributed by atoms with Crippen molar-refractivity contribution in [2.75, 3.05) is 13.6 Å². The predicted molar refractivity (Wildman–Crippen MR) is 103 cm³/mol. The molecule has 2 aromatic carbocycles. The van der Waals surface area contributed by atoms with E-state index in [9.17, 15) is 9.59 Å². The molecule has 1 N–H and O–H groups in total. The molecule has 1 saturated heterocycles. The molecule has 5 nitrogen and oxygen atoms in total. The van der Waals surface area contributed by atoms with Crippen molar-refractivity contribution < 1.29 is 9.59 Å². The van der Waals surface area contributed by atoms with Crippen molar-refractivity contribution in [1.29, 1.82) is 0 Å². The highest BCUT2D eigenvalue weighted by Gasteiger charge is 2.47. The van der Waals surface area contributed by atoms with Crippen molar-refractivity contribution in [2.45, 2.75) is 25.4 Å². The average Bonchev–Trinajstić information content (AvgIpc) is 3.03. The van der Waals surface area contributed by atoms with Gasteiger partial charge in [-0.3, -0.25) is 9.59 Å². The Balaban J connectivity index is 1.78. The summed E-state index contributed by atoms with van der Waals surface area (Å²) in [4.78, 5) is 32.8. The van der Waals surface area contributed by atoms with Crippen molar-refractivity contribution in [1.82, 2.24) is 14.8 Å². The summed E-state index contributed by atoms with van der Waals surface area (Å²) in [6, 6.07) is 15.7. The Morgan fingerprint density at radius 3 is 2.70 bits per heavy atom. The minimum Gasteiger partial charge on any atom is -0.356 e. The molecule has 2 aliphatic rings. The lowest BCUT2D eigenvalue weighted by molar-refractivity contribution is -0.157. The largest absolute Gasteiger partial charge is 0.356 e. The van der Waals surface area contributed by atoms with Gasteiger partial charge in [0.25, 0.3) is 0 Å². The minimum absolute atomic E-state index is 0.00193. The highest BCUT2D eigenvalue weighted by molar-refractivity contribution is 5.97. The van der Waals surface area contributed by atoms with Gasteiger partial charge in [-0.15, -0.1) is 0 Å². The summed E-state index contributed by atoms with van der Waals surface area (Å²) in [5.74, 6) is 0.0149. The molecule has 0 bridgehead atoms. The Kier molecular flexibility index (Phi) is 3.41. The maximum absolute atomic E-state index is 13.0. The minimum atomic E-state index is -0.450. The molecule has 5 heteroatoms. The number of amides is 2. The third kappa shape index (κ3) is 2.31. The van der Waals surface area contributed by atoms with Gasteiger partial charge < -0.3 is 14.8 Å². The van der Waals surface area contributed by atoms with Crippen LogP contribution in [0.25, 0.3) is 10.9 Å². The highest BCUT2D eigenvalue weighted by Crippen LogP contribution is 2.42. The number of aryl methyl sites for hydroxylation is 1. The van der Waals surface area contributed by atoms with E-state index in [0.29, 0.717) is 6.42 Å². The molecule has 3 aromatic rings. The molecule has 2 amide bonds. The number of carbonyl (C=O) groups is 2. The van der Waals surface area contributed by atoms with Gasteiger partial charge in [-0.1, -0.05) is 48.0 Å². The molecule has 1 fully saturated rings. The van der Waals surface area contributed by atoms with E-state index in [1.165, 1.54) is 0 Å². The second-order valence-corrected chi connectivity index (χ2v) is 7.59. The first-order valence-corrected chi connectivity index (χ1v) is 9.27. The summed E-state index contributed by atoms with van der Waals surface area (Å²) < 4.78 is 0. The summed E-state index contributed by atoms with van der Waals surface area (Å²) >= 11 is 0. The van der Waals surface area contributed by atoms with Gasteiger partial charge in [0.15, 0.2) is 0 Å². The second kappa shape index (κ2) is 5.71. The lowest BCUT2D eigenvalue weighted by atomic mass is 9.86. The Labute approximate surface area is 157 Å². The first-order chi connectivity index (χ1) is 13.0. The Morgan fingerprint density at radius 2 is 1.89 bits per heavy atom. The molecule has 5 rings (SSSR count). The van der Waals surface area contributed by atoms with Gasteiger partial charge >= 0.3 is 0 Å². The predicted octanol–water partition coefficient (Wildman–Crippen LogP) is 2.79. The van der Waals surface area contributed by atoms with Crippen molar-refractivity contribution in [3.05, 3.63) is 70.9 Å². The smallest absolute Gasteiger partial charge is 0.245 e. The zero-order valence-corrected chi connectivity index (χ0v) is 15.4. The number of nitrogens with one attached hydrogen (secondary N) is 1. The number of hydrogen-bond donors (Lipinski definition) is 1. The first kappa shape index (κ1) is 16.1. The fourth-order valence-electron chi connectivity index (χ4n) is 4.59.